The molecule has 1 saturated carbocycles. The van der Waals surface area contributed by atoms with Gasteiger partial charge in [-0.05, 0) is 29.7 Å². The Hall–Kier alpha value is -0.795. The summed E-state index contributed by atoms with van der Waals surface area (Å²) in [6.07, 6.45) is -19.4. The second-order valence-electron chi connectivity index (χ2n) is 2.66. The molecular formula is C12H17BO2. The van der Waals surface area contributed by atoms with Crippen molar-refractivity contribution in [3.63, 3.8) is 0 Å². The monoisotopic (exact) mass is 219 g/mol. The predicted molar refractivity (Wildman–Crippen MR) is 62.1 cm³/mol. The average molecular weight is 219 g/mol. The Balaban J connectivity index is 3.17. The van der Waals surface area contributed by atoms with Gasteiger partial charge in [-0.3, -0.25) is 0 Å². The quantitative estimate of drug-likeness (QED) is 0.738. The lowest BCUT2D eigenvalue weighted by atomic mass is 9.76. The molecule has 2 N–H and O–H groups in total. The van der Waals surface area contributed by atoms with Crippen molar-refractivity contribution in [3.8, 4) is 0 Å². The highest BCUT2D eigenvalue weighted by Gasteiger charge is 2.17. The van der Waals surface area contributed by atoms with Crippen molar-refractivity contribution in [2.75, 3.05) is 0 Å². The zero-order valence-corrected chi connectivity index (χ0v) is 7.47. The largest absolute Gasteiger partial charge is 0.488 e. The standard InChI is InChI=1S/C12H17BO2/c14-13(15)12-8-4-7-11(9-12)10-5-2-1-3-6-10/h4,7-10,14-15H,1-3,5-6H2/i1D2,2D2,3D2,4D,5D2,6D2,7D,8D,9D,10D. The second kappa shape index (κ2) is 4.82. The molecule has 1 fully saturated rings. The van der Waals surface area contributed by atoms with Gasteiger partial charge in [-0.25, -0.2) is 0 Å². The molecule has 0 aliphatic heterocycles. The van der Waals surface area contributed by atoms with Crippen molar-refractivity contribution < 1.29 is 30.6 Å². The third-order valence-electron chi connectivity index (χ3n) is 1.65. The molecule has 0 heterocycles. The highest BCUT2D eigenvalue weighted by molar-refractivity contribution is 6.58. The van der Waals surface area contributed by atoms with Crippen LogP contribution in [-0.4, -0.2) is 17.2 Å². The van der Waals surface area contributed by atoms with Crippen molar-refractivity contribution in [2.45, 2.75) is 37.8 Å². The summed E-state index contributed by atoms with van der Waals surface area (Å²) in [6, 6.07) is -4.82. The topological polar surface area (TPSA) is 40.5 Å². The summed E-state index contributed by atoms with van der Waals surface area (Å²) in [7, 11) is -2.63. The molecule has 3 heteroatoms. The van der Waals surface area contributed by atoms with Crippen LogP contribution in [0.5, 0.6) is 0 Å². The Morgan fingerprint density at radius 3 is 2.73 bits per heavy atom. The van der Waals surface area contributed by atoms with Crippen LogP contribution in [0, 0.1) is 0 Å². The molecule has 1 aromatic rings. The van der Waals surface area contributed by atoms with Crippen LogP contribution in [0.2, 0.25) is 0 Å². The summed E-state index contributed by atoms with van der Waals surface area (Å²) in [5.41, 5.74) is -2.48. The summed E-state index contributed by atoms with van der Waals surface area (Å²) in [6.45, 7) is 0. The summed E-state index contributed by atoms with van der Waals surface area (Å²) in [4.78, 5) is 0. The maximum Gasteiger partial charge on any atom is 0.488 e. The fourth-order valence-corrected chi connectivity index (χ4v) is 0.987. The predicted octanol–water partition coefficient (Wildman–Crippen LogP) is 1.41. The molecule has 0 atom stereocenters. The van der Waals surface area contributed by atoms with Crippen molar-refractivity contribution in [1.29, 1.82) is 0 Å². The van der Waals surface area contributed by atoms with E-state index in [1.165, 1.54) is 0 Å². The SMILES string of the molecule is [2H]c1c([2H])c(B(O)O)c([2H])c(C2([2H])C([2H])([2H])C([2H])([2H])C([2H])([2H])C([2H])([2H])C2([2H])[2H])c1[2H]. The molecule has 0 bridgehead atoms. The van der Waals surface area contributed by atoms with Crippen LogP contribution >= 0.6 is 0 Å². The molecule has 0 unspecified atom stereocenters. The van der Waals surface area contributed by atoms with Crippen LogP contribution in [0.4, 0.5) is 0 Å². The Morgan fingerprint density at radius 1 is 1.33 bits per heavy atom. The molecule has 0 saturated heterocycles. The van der Waals surface area contributed by atoms with E-state index in [2.05, 4.69) is 0 Å². The van der Waals surface area contributed by atoms with E-state index < -0.39 is 80.1 Å². The van der Waals surface area contributed by atoms with E-state index in [4.69, 9.17) is 20.6 Å². The lowest BCUT2D eigenvalue weighted by Gasteiger charge is -2.22. The Morgan fingerprint density at radius 2 is 2.07 bits per heavy atom. The van der Waals surface area contributed by atoms with E-state index in [0.717, 1.165) is 0 Å². The first-order valence-electron chi connectivity index (χ1n) is 11.6. The van der Waals surface area contributed by atoms with Gasteiger partial charge in [-0.1, -0.05) is 43.3 Å². The summed E-state index contributed by atoms with van der Waals surface area (Å²) < 4.78 is 120. The van der Waals surface area contributed by atoms with Gasteiger partial charge in [0.2, 0.25) is 0 Å². The number of rotatable bonds is 2. The lowest BCUT2D eigenvalue weighted by Crippen LogP contribution is -2.30. The highest BCUT2D eigenvalue weighted by atomic mass is 16.4. The van der Waals surface area contributed by atoms with E-state index in [9.17, 15) is 10.0 Å². The fraction of sp³-hybridized carbons (Fsp3) is 0.500. The summed E-state index contributed by atoms with van der Waals surface area (Å²) in [5.74, 6) is -3.85. The number of hydrogen-bond acceptors (Lipinski definition) is 2. The van der Waals surface area contributed by atoms with E-state index in [-0.39, 0.29) is 0 Å². The van der Waals surface area contributed by atoms with E-state index in [1.54, 1.807) is 0 Å². The summed E-state index contributed by atoms with van der Waals surface area (Å²) in [5, 5.41) is 18.9. The van der Waals surface area contributed by atoms with Crippen molar-refractivity contribution >= 4 is 12.6 Å². The molecule has 0 spiro atoms. The molecule has 0 amide bonds. The number of benzene rings is 1. The van der Waals surface area contributed by atoms with Crippen molar-refractivity contribution in [3.05, 3.63) is 29.7 Å². The van der Waals surface area contributed by atoms with Gasteiger partial charge in [0.15, 0.2) is 0 Å². The minimum Gasteiger partial charge on any atom is -0.423 e. The van der Waals surface area contributed by atoms with E-state index >= 15 is 0 Å². The van der Waals surface area contributed by atoms with Crippen molar-refractivity contribution in [1.82, 2.24) is 0 Å². The third kappa shape index (κ3) is 2.61. The maximum absolute atomic E-state index is 9.47. The van der Waals surface area contributed by atoms with Gasteiger partial charge in [-0.15, -0.1) is 0 Å². The fourth-order valence-electron chi connectivity index (χ4n) is 0.987. The molecule has 2 nitrogen and oxygen atoms in total. The second-order valence-corrected chi connectivity index (χ2v) is 2.66. The Kier molecular flexibility index (Phi) is 0.872. The Bertz CT molecular complexity index is 866. The van der Waals surface area contributed by atoms with Gasteiger partial charge in [0.05, 0.1) is 5.48 Å². The van der Waals surface area contributed by atoms with Crippen LogP contribution in [0.25, 0.3) is 0 Å². The summed E-state index contributed by atoms with van der Waals surface area (Å²) >= 11 is 0. The van der Waals surface area contributed by atoms with Gasteiger partial charge < -0.3 is 10.0 Å². The molecular weight excluding hydrogens is 187 g/mol. The molecule has 1 aliphatic carbocycles. The molecule has 15 heavy (non-hydrogen) atoms. The van der Waals surface area contributed by atoms with Crippen LogP contribution < -0.4 is 5.46 Å². The smallest absolute Gasteiger partial charge is 0.423 e. The first kappa shape index (κ1) is 2.71. The molecule has 1 aromatic carbocycles. The maximum atomic E-state index is 9.47. The van der Waals surface area contributed by atoms with Crippen LogP contribution in [0.15, 0.2) is 24.2 Å². The minimum absolute atomic E-state index is 1.05. The van der Waals surface area contributed by atoms with Gasteiger partial charge in [0.1, 0.15) is 0 Å². The average Bonchev–Trinajstić information content (AvgIpc) is 2.57. The van der Waals surface area contributed by atoms with Crippen LogP contribution in [0.3, 0.4) is 0 Å². The zero-order valence-electron chi connectivity index (χ0n) is 22.5. The zero-order chi connectivity index (χ0) is 24.0. The van der Waals surface area contributed by atoms with Crippen molar-refractivity contribution in [2.24, 2.45) is 0 Å². The van der Waals surface area contributed by atoms with Crippen LogP contribution in [-0.2, 0) is 0 Å². The minimum atomic E-state index is -3.93. The molecule has 80 valence electrons. The Labute approximate surface area is 112 Å². The molecule has 0 aromatic heterocycles. The van der Waals surface area contributed by atoms with Crippen LogP contribution in [0.1, 0.15) is 63.9 Å². The normalized spacial score (nSPS) is 51.2. The first-order valence-corrected chi connectivity index (χ1v) is 4.06. The van der Waals surface area contributed by atoms with Gasteiger partial charge >= 0.3 is 7.12 Å². The molecule has 0 radical (unpaired) electrons. The van der Waals surface area contributed by atoms with E-state index in [0.29, 0.717) is 0 Å². The van der Waals surface area contributed by atoms with Gasteiger partial charge in [0, 0.05) is 15.1 Å². The molecule has 2 rings (SSSR count). The lowest BCUT2D eigenvalue weighted by molar-refractivity contribution is 0.425. The highest BCUT2D eigenvalue weighted by Crippen LogP contribution is 2.31. The van der Waals surface area contributed by atoms with E-state index in [1.807, 2.05) is 0 Å². The third-order valence-corrected chi connectivity index (χ3v) is 1.65. The van der Waals surface area contributed by atoms with Gasteiger partial charge in [0.25, 0.3) is 0 Å². The number of hydrogen-bond donors (Lipinski definition) is 2. The van der Waals surface area contributed by atoms with Gasteiger partial charge in [-0.2, -0.15) is 0 Å². The first-order chi connectivity index (χ1) is 13.1. The molecule has 1 aliphatic rings.